The standard InChI is InChI=1S/C28H28F3NO5/c1-5-35-26(34)27(3,4)37-24-14-13-23(15-18(24)2)36-17-25(33)32-22-11-9-19(10-12-22)20-7-6-8-21(16-20)28(29,30)31/h6-16H,5,17H2,1-4H3,(H,32,33). The molecule has 0 heterocycles. The predicted octanol–water partition coefficient (Wildman–Crippen LogP) is 6.42. The minimum Gasteiger partial charge on any atom is -0.484 e. The van der Waals surface area contributed by atoms with Gasteiger partial charge in [0.15, 0.2) is 12.2 Å². The van der Waals surface area contributed by atoms with Gasteiger partial charge in [-0.15, -0.1) is 0 Å². The second kappa shape index (κ2) is 11.4. The van der Waals surface area contributed by atoms with Crippen LogP contribution in [-0.4, -0.2) is 30.7 Å². The first-order valence-corrected chi connectivity index (χ1v) is 11.6. The third kappa shape index (κ3) is 7.49. The molecule has 0 aromatic heterocycles. The van der Waals surface area contributed by atoms with Gasteiger partial charge in [0.2, 0.25) is 0 Å². The van der Waals surface area contributed by atoms with Crippen molar-refractivity contribution >= 4 is 17.6 Å². The van der Waals surface area contributed by atoms with Crippen LogP contribution in [0.5, 0.6) is 11.5 Å². The fourth-order valence-electron chi connectivity index (χ4n) is 3.41. The van der Waals surface area contributed by atoms with E-state index in [0.717, 1.165) is 12.1 Å². The van der Waals surface area contributed by atoms with Crippen LogP contribution in [0.3, 0.4) is 0 Å². The number of carbonyl (C=O) groups is 2. The Morgan fingerprint density at radius 1 is 0.919 bits per heavy atom. The molecule has 196 valence electrons. The summed E-state index contributed by atoms with van der Waals surface area (Å²) in [4.78, 5) is 24.4. The Kier molecular flexibility index (Phi) is 8.47. The second-order valence-electron chi connectivity index (χ2n) is 8.75. The Morgan fingerprint density at radius 3 is 2.24 bits per heavy atom. The Balaban J connectivity index is 1.56. The van der Waals surface area contributed by atoms with E-state index >= 15 is 0 Å². The van der Waals surface area contributed by atoms with Crippen LogP contribution in [0.15, 0.2) is 66.7 Å². The van der Waals surface area contributed by atoms with Gasteiger partial charge in [0, 0.05) is 5.69 Å². The van der Waals surface area contributed by atoms with Gasteiger partial charge in [-0.1, -0.05) is 24.3 Å². The van der Waals surface area contributed by atoms with E-state index in [1.807, 2.05) is 0 Å². The first-order chi connectivity index (χ1) is 17.4. The molecule has 37 heavy (non-hydrogen) atoms. The number of anilines is 1. The summed E-state index contributed by atoms with van der Waals surface area (Å²) in [5.41, 5.74) is 0.302. The second-order valence-corrected chi connectivity index (χ2v) is 8.75. The molecule has 0 radical (unpaired) electrons. The summed E-state index contributed by atoms with van der Waals surface area (Å²) in [6.45, 7) is 6.73. The first-order valence-electron chi connectivity index (χ1n) is 11.6. The van der Waals surface area contributed by atoms with E-state index in [9.17, 15) is 22.8 Å². The lowest BCUT2D eigenvalue weighted by molar-refractivity contribution is -0.158. The lowest BCUT2D eigenvalue weighted by Crippen LogP contribution is -2.39. The van der Waals surface area contributed by atoms with E-state index in [1.54, 1.807) is 76.2 Å². The number of benzene rings is 3. The zero-order valence-electron chi connectivity index (χ0n) is 20.9. The van der Waals surface area contributed by atoms with Crippen LogP contribution in [0, 0.1) is 6.92 Å². The van der Waals surface area contributed by atoms with Crippen molar-refractivity contribution in [1.29, 1.82) is 0 Å². The van der Waals surface area contributed by atoms with Crippen LogP contribution < -0.4 is 14.8 Å². The van der Waals surface area contributed by atoms with Gasteiger partial charge in [-0.05, 0) is 86.8 Å². The van der Waals surface area contributed by atoms with Crippen LogP contribution in [0.1, 0.15) is 31.9 Å². The largest absolute Gasteiger partial charge is 0.484 e. The molecule has 0 aliphatic heterocycles. The Morgan fingerprint density at radius 2 is 1.62 bits per heavy atom. The lowest BCUT2D eigenvalue weighted by Gasteiger charge is -2.25. The van der Waals surface area contributed by atoms with Gasteiger partial charge in [-0.25, -0.2) is 4.79 Å². The van der Waals surface area contributed by atoms with Crippen LogP contribution in [0.4, 0.5) is 18.9 Å². The summed E-state index contributed by atoms with van der Waals surface area (Å²) >= 11 is 0. The highest BCUT2D eigenvalue weighted by atomic mass is 19.4. The highest BCUT2D eigenvalue weighted by molar-refractivity contribution is 5.92. The number of nitrogens with one attached hydrogen (secondary N) is 1. The third-order valence-corrected chi connectivity index (χ3v) is 5.34. The molecular weight excluding hydrogens is 487 g/mol. The van der Waals surface area contributed by atoms with E-state index in [1.165, 1.54) is 6.07 Å². The number of hydrogen-bond donors (Lipinski definition) is 1. The normalized spacial score (nSPS) is 11.5. The molecular formula is C28H28F3NO5. The predicted molar refractivity (Wildman–Crippen MR) is 134 cm³/mol. The average molecular weight is 516 g/mol. The number of carbonyl (C=O) groups excluding carboxylic acids is 2. The maximum absolute atomic E-state index is 13.0. The van der Waals surface area contributed by atoms with E-state index in [2.05, 4.69) is 5.32 Å². The number of ether oxygens (including phenoxy) is 3. The number of amides is 1. The molecule has 0 aliphatic rings. The Bertz CT molecular complexity index is 1250. The van der Waals surface area contributed by atoms with Gasteiger partial charge in [0.1, 0.15) is 11.5 Å². The number of halogens is 3. The molecule has 3 aromatic rings. The summed E-state index contributed by atoms with van der Waals surface area (Å²) in [6.07, 6.45) is -4.42. The summed E-state index contributed by atoms with van der Waals surface area (Å²) in [7, 11) is 0. The van der Waals surface area contributed by atoms with Crippen molar-refractivity contribution in [1.82, 2.24) is 0 Å². The van der Waals surface area contributed by atoms with Crippen LogP contribution >= 0.6 is 0 Å². The number of alkyl halides is 3. The van der Waals surface area contributed by atoms with Crippen LogP contribution in [0.25, 0.3) is 11.1 Å². The number of hydrogen-bond acceptors (Lipinski definition) is 5. The quantitative estimate of drug-likeness (QED) is 0.333. The molecule has 1 amide bonds. The molecule has 0 unspecified atom stereocenters. The van der Waals surface area contributed by atoms with E-state index in [0.29, 0.717) is 33.9 Å². The maximum atomic E-state index is 13.0. The van der Waals surface area contributed by atoms with Crippen molar-refractivity contribution in [2.24, 2.45) is 0 Å². The molecule has 0 aliphatic carbocycles. The summed E-state index contributed by atoms with van der Waals surface area (Å²) < 4.78 is 55.3. The fourth-order valence-corrected chi connectivity index (χ4v) is 3.41. The Labute approximate surface area is 213 Å². The highest BCUT2D eigenvalue weighted by Crippen LogP contribution is 2.32. The molecule has 9 heteroatoms. The first kappa shape index (κ1) is 27.6. The van der Waals surface area contributed by atoms with Gasteiger partial charge >= 0.3 is 12.1 Å². The van der Waals surface area contributed by atoms with E-state index in [4.69, 9.17) is 14.2 Å². The van der Waals surface area contributed by atoms with Crippen molar-refractivity contribution in [3.05, 3.63) is 77.9 Å². The molecule has 6 nitrogen and oxygen atoms in total. The molecule has 0 spiro atoms. The number of esters is 1. The highest BCUT2D eigenvalue weighted by Gasteiger charge is 2.32. The summed E-state index contributed by atoms with van der Waals surface area (Å²) in [6, 6.07) is 16.5. The molecule has 0 bridgehead atoms. The molecule has 0 atom stereocenters. The molecule has 3 rings (SSSR count). The van der Waals surface area contributed by atoms with Crippen molar-refractivity contribution in [3.8, 4) is 22.6 Å². The lowest BCUT2D eigenvalue weighted by atomic mass is 10.0. The number of aryl methyl sites for hydroxylation is 1. The zero-order valence-corrected chi connectivity index (χ0v) is 20.9. The van der Waals surface area contributed by atoms with Crippen molar-refractivity contribution < 1.29 is 37.0 Å². The summed E-state index contributed by atoms with van der Waals surface area (Å²) in [5.74, 6) is 0.0343. The third-order valence-electron chi connectivity index (χ3n) is 5.34. The van der Waals surface area contributed by atoms with Gasteiger partial charge < -0.3 is 19.5 Å². The van der Waals surface area contributed by atoms with Crippen molar-refractivity contribution in [3.63, 3.8) is 0 Å². The molecule has 0 saturated heterocycles. The van der Waals surface area contributed by atoms with Gasteiger partial charge in [-0.2, -0.15) is 13.2 Å². The molecule has 0 fully saturated rings. The van der Waals surface area contributed by atoms with Gasteiger partial charge in [0.05, 0.1) is 12.2 Å². The summed E-state index contributed by atoms with van der Waals surface area (Å²) in [5, 5.41) is 2.69. The topological polar surface area (TPSA) is 73.9 Å². The maximum Gasteiger partial charge on any atom is 0.416 e. The average Bonchev–Trinajstić information content (AvgIpc) is 2.84. The van der Waals surface area contributed by atoms with Crippen LogP contribution in [0.2, 0.25) is 0 Å². The van der Waals surface area contributed by atoms with Gasteiger partial charge in [0.25, 0.3) is 5.91 Å². The van der Waals surface area contributed by atoms with Crippen LogP contribution in [-0.2, 0) is 20.5 Å². The van der Waals surface area contributed by atoms with Crippen molar-refractivity contribution in [2.75, 3.05) is 18.5 Å². The smallest absolute Gasteiger partial charge is 0.416 e. The SMILES string of the molecule is CCOC(=O)C(C)(C)Oc1ccc(OCC(=O)Nc2ccc(-c3cccc(C(F)(F)F)c3)cc2)cc1C. The zero-order chi connectivity index (χ0) is 27.2. The van der Waals surface area contributed by atoms with Gasteiger partial charge in [-0.3, -0.25) is 4.79 Å². The minimum absolute atomic E-state index is 0.249. The Hall–Kier alpha value is -4.01. The van der Waals surface area contributed by atoms with E-state index in [-0.39, 0.29) is 13.2 Å². The molecule has 0 saturated carbocycles. The molecule has 3 aromatic carbocycles. The number of rotatable bonds is 9. The fraction of sp³-hybridized carbons (Fsp3) is 0.286. The van der Waals surface area contributed by atoms with E-state index < -0.39 is 29.2 Å². The molecule has 1 N–H and O–H groups in total. The minimum atomic E-state index is -4.42. The monoisotopic (exact) mass is 515 g/mol. The van der Waals surface area contributed by atoms with Crippen molar-refractivity contribution in [2.45, 2.75) is 39.5 Å².